The molecule has 0 heterocycles. The van der Waals surface area contributed by atoms with Crippen molar-refractivity contribution in [3.63, 3.8) is 0 Å². The monoisotopic (exact) mass is 608 g/mol. The Labute approximate surface area is 242 Å². The Bertz CT molecular complexity index is 1040. The largest absolute Gasteiger partial charge is 0.374 e. The summed E-state index contributed by atoms with van der Waals surface area (Å²) in [6.07, 6.45) is 0. The van der Waals surface area contributed by atoms with Crippen LogP contribution in [0.4, 0.5) is 22.7 Å². The molecule has 2 unspecified atom stereocenters. The summed E-state index contributed by atoms with van der Waals surface area (Å²) >= 11 is 27.1. The van der Waals surface area contributed by atoms with Crippen molar-refractivity contribution in [2.45, 2.75) is 8.15 Å². The standard InChI is InChI=1S/C28H26Cl4N2OP2/c29-27(30,36-33(23-13-5-1-6-14-23)24-15-7-2-8-16-24)21-35-22-28(31,32)37-34(25-17-9-3-10-18-25)26-19-11-4-12-20-26/h1-20,36-37H,21-22H2. The van der Waals surface area contributed by atoms with Gasteiger partial charge in [0.25, 0.3) is 0 Å². The highest BCUT2D eigenvalue weighted by atomic mass is 35.5. The number of anilines is 4. The Morgan fingerprint density at radius 1 is 0.459 bits per heavy atom. The molecule has 9 heteroatoms. The third-order valence-corrected chi connectivity index (χ3v) is 9.05. The molecule has 0 aromatic heterocycles. The molecule has 37 heavy (non-hydrogen) atoms. The summed E-state index contributed by atoms with van der Waals surface area (Å²) < 4.78 is 7.75. The topological polar surface area (TPSA) is 15.7 Å². The second kappa shape index (κ2) is 13.5. The summed E-state index contributed by atoms with van der Waals surface area (Å²) in [4.78, 5) is 0. The van der Waals surface area contributed by atoms with E-state index in [0.29, 0.717) is 0 Å². The zero-order chi connectivity index (χ0) is 26.1. The highest BCUT2D eigenvalue weighted by molar-refractivity contribution is 7.48. The Morgan fingerprint density at radius 3 is 0.946 bits per heavy atom. The van der Waals surface area contributed by atoms with Gasteiger partial charge in [-0.2, -0.15) is 0 Å². The molecule has 0 saturated carbocycles. The van der Waals surface area contributed by atoms with E-state index in [0.717, 1.165) is 22.7 Å². The third-order valence-electron chi connectivity index (χ3n) is 5.18. The van der Waals surface area contributed by atoms with Gasteiger partial charge in [0.15, 0.2) is 8.15 Å². The van der Waals surface area contributed by atoms with Crippen LogP contribution in [-0.2, 0) is 4.74 Å². The van der Waals surface area contributed by atoms with Gasteiger partial charge in [-0.1, -0.05) is 119 Å². The smallest absolute Gasteiger partial charge is 0.175 e. The Kier molecular flexibility index (Phi) is 10.4. The normalized spacial score (nSPS) is 12.4. The van der Waals surface area contributed by atoms with Crippen LogP contribution in [0.15, 0.2) is 121 Å². The fraction of sp³-hybridized carbons (Fsp3) is 0.143. The summed E-state index contributed by atoms with van der Waals surface area (Å²) in [6.45, 7) is 0.125. The minimum atomic E-state index is -1.18. The van der Waals surface area contributed by atoms with E-state index >= 15 is 0 Å². The average molecular weight is 610 g/mol. The van der Waals surface area contributed by atoms with Crippen LogP contribution in [0.1, 0.15) is 0 Å². The first-order valence-corrected chi connectivity index (χ1v) is 14.9. The number of nitrogens with zero attached hydrogens (tertiary/aromatic N) is 2. The second-order valence-electron chi connectivity index (χ2n) is 8.14. The van der Waals surface area contributed by atoms with E-state index < -0.39 is 8.15 Å². The molecular weight excluding hydrogens is 584 g/mol. The van der Waals surface area contributed by atoms with Gasteiger partial charge in [0, 0.05) is 40.2 Å². The Hall–Kier alpha value is -1.54. The highest BCUT2D eigenvalue weighted by Gasteiger charge is 2.33. The van der Waals surface area contributed by atoms with Crippen molar-refractivity contribution in [3.05, 3.63) is 121 Å². The molecule has 0 aliphatic carbocycles. The molecule has 0 radical (unpaired) electrons. The first kappa shape index (κ1) is 28.5. The molecule has 3 nitrogen and oxygen atoms in total. The van der Waals surface area contributed by atoms with Gasteiger partial charge >= 0.3 is 0 Å². The van der Waals surface area contributed by atoms with Crippen LogP contribution in [0, 0.1) is 0 Å². The molecular formula is C28H26Cl4N2OP2. The van der Waals surface area contributed by atoms with E-state index in [1.807, 2.05) is 121 Å². The minimum Gasteiger partial charge on any atom is -0.374 e. The van der Waals surface area contributed by atoms with Crippen LogP contribution in [0.25, 0.3) is 0 Å². The maximum Gasteiger partial charge on any atom is 0.175 e. The molecule has 0 N–H and O–H groups in total. The second-order valence-corrected chi connectivity index (χ2v) is 15.4. The predicted octanol–water partition coefficient (Wildman–Crippen LogP) is 10.1. The van der Waals surface area contributed by atoms with Gasteiger partial charge in [-0.3, -0.25) is 0 Å². The molecule has 0 fully saturated rings. The maximum absolute atomic E-state index is 6.77. The quantitative estimate of drug-likeness (QED) is 0.117. The van der Waals surface area contributed by atoms with E-state index in [1.54, 1.807) is 0 Å². The van der Waals surface area contributed by atoms with Gasteiger partial charge in [0.2, 0.25) is 0 Å². The predicted molar refractivity (Wildman–Crippen MR) is 166 cm³/mol. The fourth-order valence-corrected chi connectivity index (χ4v) is 6.99. The molecule has 192 valence electrons. The van der Waals surface area contributed by atoms with E-state index in [-0.39, 0.29) is 30.7 Å². The summed E-state index contributed by atoms with van der Waals surface area (Å²) in [5, 5.41) is 0. The van der Waals surface area contributed by atoms with E-state index in [1.165, 1.54) is 0 Å². The lowest BCUT2D eigenvalue weighted by atomic mass is 10.3. The van der Waals surface area contributed by atoms with Gasteiger partial charge < -0.3 is 14.1 Å². The van der Waals surface area contributed by atoms with Crippen molar-refractivity contribution in [2.24, 2.45) is 0 Å². The molecule has 0 aliphatic rings. The van der Waals surface area contributed by atoms with Gasteiger partial charge in [0.1, 0.15) is 0 Å². The Balaban J connectivity index is 1.42. The fourth-order valence-electron chi connectivity index (χ4n) is 3.56. The first-order valence-electron chi connectivity index (χ1n) is 11.5. The van der Waals surface area contributed by atoms with Gasteiger partial charge in [0.05, 0.1) is 13.2 Å². The highest BCUT2D eigenvalue weighted by Crippen LogP contribution is 2.51. The number of hydrogen-bond acceptors (Lipinski definition) is 3. The van der Waals surface area contributed by atoms with Crippen LogP contribution in [0.2, 0.25) is 0 Å². The van der Waals surface area contributed by atoms with Crippen molar-refractivity contribution in [2.75, 3.05) is 22.6 Å². The van der Waals surface area contributed by atoms with Crippen molar-refractivity contribution in [1.82, 2.24) is 0 Å². The van der Waals surface area contributed by atoms with Crippen LogP contribution in [-0.4, -0.2) is 21.4 Å². The van der Waals surface area contributed by atoms with Crippen LogP contribution >= 0.6 is 63.9 Å². The minimum absolute atomic E-state index is 0.00587. The SMILES string of the molecule is ClC(Cl)(COCC(Cl)(Cl)PN(c1ccccc1)c1ccccc1)PN(c1ccccc1)c1ccccc1. The van der Waals surface area contributed by atoms with Crippen molar-refractivity contribution in [3.8, 4) is 0 Å². The third kappa shape index (κ3) is 8.74. The molecule has 0 amide bonds. The lowest BCUT2D eigenvalue weighted by molar-refractivity contribution is 0.145. The number of alkyl halides is 4. The van der Waals surface area contributed by atoms with Crippen molar-refractivity contribution in [1.29, 1.82) is 0 Å². The lowest BCUT2D eigenvalue weighted by Crippen LogP contribution is -2.26. The van der Waals surface area contributed by atoms with Crippen LogP contribution < -0.4 is 9.34 Å². The molecule has 0 aliphatic heterocycles. The summed E-state index contributed by atoms with van der Waals surface area (Å²) in [5.41, 5.74) is 3.96. The summed E-state index contributed by atoms with van der Waals surface area (Å²) in [6, 6.07) is 40.0. The van der Waals surface area contributed by atoms with Crippen LogP contribution in [0.3, 0.4) is 0 Å². The number of rotatable bonds is 12. The van der Waals surface area contributed by atoms with E-state index in [2.05, 4.69) is 9.34 Å². The number of ether oxygens (including phenoxy) is 1. The summed E-state index contributed by atoms with van der Waals surface area (Å²) in [5.74, 6) is 0. The first-order chi connectivity index (χ1) is 17.8. The average Bonchev–Trinajstić information content (AvgIpc) is 2.92. The Morgan fingerprint density at radius 2 is 0.703 bits per heavy atom. The van der Waals surface area contributed by atoms with E-state index in [4.69, 9.17) is 51.1 Å². The molecule has 4 aromatic carbocycles. The molecule has 0 saturated heterocycles. The zero-order valence-corrected chi connectivity index (χ0v) is 24.8. The molecule has 0 bridgehead atoms. The molecule has 0 spiro atoms. The number of para-hydroxylation sites is 4. The van der Waals surface area contributed by atoms with Gasteiger partial charge in [-0.05, 0) is 48.5 Å². The van der Waals surface area contributed by atoms with Crippen molar-refractivity contribution >= 4 is 86.6 Å². The zero-order valence-electron chi connectivity index (χ0n) is 19.8. The lowest BCUT2D eigenvalue weighted by Gasteiger charge is -2.33. The van der Waals surface area contributed by atoms with Gasteiger partial charge in [-0.25, -0.2) is 0 Å². The van der Waals surface area contributed by atoms with Crippen LogP contribution in [0.5, 0.6) is 0 Å². The number of benzene rings is 4. The number of halogens is 4. The van der Waals surface area contributed by atoms with Crippen molar-refractivity contribution < 1.29 is 4.74 Å². The van der Waals surface area contributed by atoms with Gasteiger partial charge in [-0.15, -0.1) is 0 Å². The molecule has 4 aromatic rings. The molecule has 4 rings (SSSR count). The summed E-state index contributed by atoms with van der Waals surface area (Å²) in [7, 11) is -0.0117. The molecule has 2 atom stereocenters. The maximum atomic E-state index is 6.77. The van der Waals surface area contributed by atoms with E-state index in [9.17, 15) is 0 Å². The number of hydrogen-bond donors (Lipinski definition) is 0.